The van der Waals surface area contributed by atoms with Crippen LogP contribution in [0.2, 0.25) is 0 Å². The maximum Gasteiger partial charge on any atom is 0.271 e. The smallest absolute Gasteiger partial charge is 0.271 e. The fourth-order valence-corrected chi connectivity index (χ4v) is 4.04. The lowest BCUT2D eigenvalue weighted by Gasteiger charge is -2.31. The van der Waals surface area contributed by atoms with Crippen molar-refractivity contribution in [2.75, 3.05) is 19.6 Å². The number of rotatable bonds is 4. The second-order valence-electron chi connectivity index (χ2n) is 6.03. The third-order valence-corrected chi connectivity index (χ3v) is 5.74. The van der Waals surface area contributed by atoms with Crippen molar-refractivity contribution in [3.8, 4) is 0 Å². The molecule has 4 nitrogen and oxygen atoms in total. The molecule has 1 aliphatic rings. The third kappa shape index (κ3) is 3.04. The molecule has 1 saturated heterocycles. The molecule has 1 aliphatic heterocycles. The van der Waals surface area contributed by atoms with Gasteiger partial charge in [0.1, 0.15) is 4.70 Å². The lowest BCUT2D eigenvalue weighted by atomic mass is 9.94. The van der Waals surface area contributed by atoms with Gasteiger partial charge in [0, 0.05) is 13.1 Å². The molecule has 5 heteroatoms. The Bertz CT molecular complexity index is 668. The number of hydrogen-bond acceptors (Lipinski definition) is 4. The van der Waals surface area contributed by atoms with Crippen molar-refractivity contribution in [1.82, 2.24) is 14.5 Å². The Labute approximate surface area is 129 Å². The summed E-state index contributed by atoms with van der Waals surface area (Å²) in [6.07, 6.45) is 5.61. The van der Waals surface area contributed by atoms with Crippen molar-refractivity contribution in [3.63, 3.8) is 0 Å². The highest BCUT2D eigenvalue weighted by molar-refractivity contribution is 7.17. The van der Waals surface area contributed by atoms with Gasteiger partial charge in [0.15, 0.2) is 0 Å². The van der Waals surface area contributed by atoms with Gasteiger partial charge in [-0.2, -0.15) is 0 Å². The number of hydrogen-bond donors (Lipinski definition) is 0. The van der Waals surface area contributed by atoms with Gasteiger partial charge in [0.05, 0.1) is 11.8 Å². The molecule has 0 atom stereocenters. The second kappa shape index (κ2) is 6.28. The molecule has 0 aromatic carbocycles. The van der Waals surface area contributed by atoms with Gasteiger partial charge in [-0.1, -0.05) is 13.3 Å². The van der Waals surface area contributed by atoms with Gasteiger partial charge >= 0.3 is 0 Å². The van der Waals surface area contributed by atoms with Crippen LogP contribution in [0.25, 0.3) is 10.2 Å². The Balaban J connectivity index is 1.66. The summed E-state index contributed by atoms with van der Waals surface area (Å²) in [6, 6.07) is 0. The topological polar surface area (TPSA) is 38.1 Å². The standard InChI is InChI=1S/C16H23N3OS/c1-3-13-4-6-18(7-5-13)8-9-19-11-17-14-12(2)10-21-15(14)16(19)20/h10-11,13H,3-9H2,1-2H3. The van der Waals surface area contributed by atoms with Crippen molar-refractivity contribution in [1.29, 1.82) is 0 Å². The first kappa shape index (κ1) is 14.7. The van der Waals surface area contributed by atoms with Gasteiger partial charge in [-0.05, 0) is 49.7 Å². The van der Waals surface area contributed by atoms with Gasteiger partial charge < -0.3 is 4.90 Å². The van der Waals surface area contributed by atoms with E-state index in [4.69, 9.17) is 0 Å². The summed E-state index contributed by atoms with van der Waals surface area (Å²) >= 11 is 1.51. The SMILES string of the molecule is CCC1CCN(CCn2cnc3c(C)csc3c2=O)CC1. The van der Waals surface area contributed by atoms with Gasteiger partial charge in [-0.3, -0.25) is 9.36 Å². The van der Waals surface area contributed by atoms with Crippen LogP contribution in [0.15, 0.2) is 16.5 Å². The summed E-state index contributed by atoms with van der Waals surface area (Å²) in [5.41, 5.74) is 2.08. The second-order valence-corrected chi connectivity index (χ2v) is 6.91. The van der Waals surface area contributed by atoms with Crippen molar-refractivity contribution in [2.24, 2.45) is 5.92 Å². The Kier molecular flexibility index (Phi) is 4.40. The normalized spacial score (nSPS) is 17.6. The summed E-state index contributed by atoms with van der Waals surface area (Å²) in [5, 5.41) is 2.01. The van der Waals surface area contributed by atoms with E-state index >= 15 is 0 Å². The first-order valence-electron chi connectivity index (χ1n) is 7.84. The molecule has 2 aromatic heterocycles. The minimum absolute atomic E-state index is 0.113. The maximum atomic E-state index is 12.4. The zero-order valence-electron chi connectivity index (χ0n) is 12.8. The molecule has 0 saturated carbocycles. The fraction of sp³-hybridized carbons (Fsp3) is 0.625. The first-order valence-corrected chi connectivity index (χ1v) is 8.72. The summed E-state index contributed by atoms with van der Waals surface area (Å²) < 4.78 is 2.56. The molecule has 0 bridgehead atoms. The summed E-state index contributed by atoms with van der Waals surface area (Å²) in [5.74, 6) is 0.899. The van der Waals surface area contributed by atoms with Crippen LogP contribution in [-0.2, 0) is 6.54 Å². The highest BCUT2D eigenvalue weighted by atomic mass is 32.1. The van der Waals surface area contributed by atoms with E-state index in [1.54, 1.807) is 10.9 Å². The van der Waals surface area contributed by atoms with E-state index in [2.05, 4.69) is 16.8 Å². The van der Waals surface area contributed by atoms with E-state index in [-0.39, 0.29) is 5.56 Å². The molecule has 0 amide bonds. The molecule has 21 heavy (non-hydrogen) atoms. The number of nitrogens with zero attached hydrogens (tertiary/aromatic N) is 3. The molecule has 114 valence electrons. The average Bonchev–Trinajstić information content (AvgIpc) is 2.89. The number of likely N-dealkylation sites (tertiary alicyclic amines) is 1. The maximum absolute atomic E-state index is 12.4. The lowest BCUT2D eigenvalue weighted by molar-refractivity contribution is 0.176. The summed E-state index contributed by atoms with van der Waals surface area (Å²) in [7, 11) is 0. The molecular formula is C16H23N3OS. The van der Waals surface area contributed by atoms with Gasteiger partial charge in [-0.15, -0.1) is 11.3 Å². The van der Waals surface area contributed by atoms with Crippen molar-refractivity contribution in [2.45, 2.75) is 39.7 Å². The van der Waals surface area contributed by atoms with Gasteiger partial charge in [-0.25, -0.2) is 4.98 Å². The molecule has 0 unspecified atom stereocenters. The van der Waals surface area contributed by atoms with Crippen LogP contribution in [0.3, 0.4) is 0 Å². The minimum atomic E-state index is 0.113. The van der Waals surface area contributed by atoms with Crippen LogP contribution in [0.5, 0.6) is 0 Å². The van der Waals surface area contributed by atoms with E-state index in [1.807, 2.05) is 12.3 Å². The summed E-state index contributed by atoms with van der Waals surface area (Å²) in [6.45, 7) is 8.32. The van der Waals surface area contributed by atoms with E-state index in [0.717, 1.165) is 34.8 Å². The monoisotopic (exact) mass is 305 g/mol. The lowest BCUT2D eigenvalue weighted by Crippen LogP contribution is -2.37. The quantitative estimate of drug-likeness (QED) is 0.872. The molecule has 0 spiro atoms. The van der Waals surface area contributed by atoms with E-state index in [9.17, 15) is 4.79 Å². The van der Waals surface area contributed by atoms with E-state index < -0.39 is 0 Å². The Morgan fingerprint density at radius 2 is 2.10 bits per heavy atom. The highest BCUT2D eigenvalue weighted by Crippen LogP contribution is 2.20. The molecule has 0 radical (unpaired) electrons. The Morgan fingerprint density at radius 3 is 2.81 bits per heavy atom. The minimum Gasteiger partial charge on any atom is -0.302 e. The van der Waals surface area contributed by atoms with Crippen LogP contribution < -0.4 is 5.56 Å². The largest absolute Gasteiger partial charge is 0.302 e. The molecule has 3 heterocycles. The average molecular weight is 305 g/mol. The summed E-state index contributed by atoms with van der Waals surface area (Å²) in [4.78, 5) is 19.3. The zero-order chi connectivity index (χ0) is 14.8. The van der Waals surface area contributed by atoms with Crippen LogP contribution in [-0.4, -0.2) is 34.1 Å². The van der Waals surface area contributed by atoms with Gasteiger partial charge in [0.2, 0.25) is 0 Å². The molecule has 0 aliphatic carbocycles. The number of aromatic nitrogens is 2. The first-order chi connectivity index (χ1) is 10.2. The molecule has 0 N–H and O–H groups in total. The van der Waals surface area contributed by atoms with E-state index in [1.165, 1.54) is 43.7 Å². The zero-order valence-corrected chi connectivity index (χ0v) is 13.7. The van der Waals surface area contributed by atoms with Gasteiger partial charge in [0.25, 0.3) is 5.56 Å². The molecule has 1 fully saturated rings. The number of piperidine rings is 1. The van der Waals surface area contributed by atoms with E-state index in [0.29, 0.717) is 0 Å². The number of fused-ring (bicyclic) bond motifs is 1. The van der Waals surface area contributed by atoms with Crippen LogP contribution in [0.1, 0.15) is 31.7 Å². The number of aryl methyl sites for hydroxylation is 1. The van der Waals surface area contributed by atoms with Crippen LogP contribution >= 0.6 is 11.3 Å². The third-order valence-electron chi connectivity index (χ3n) is 4.67. The van der Waals surface area contributed by atoms with Crippen LogP contribution in [0, 0.1) is 12.8 Å². The van der Waals surface area contributed by atoms with Crippen LogP contribution in [0.4, 0.5) is 0 Å². The predicted molar refractivity (Wildman–Crippen MR) is 88.1 cm³/mol. The van der Waals surface area contributed by atoms with Crippen molar-refractivity contribution < 1.29 is 0 Å². The predicted octanol–water partition coefficient (Wildman–Crippen LogP) is 2.89. The molecular weight excluding hydrogens is 282 g/mol. The Morgan fingerprint density at radius 1 is 1.33 bits per heavy atom. The highest BCUT2D eigenvalue weighted by Gasteiger charge is 2.17. The molecule has 2 aromatic rings. The number of thiophene rings is 1. The van der Waals surface area contributed by atoms with Crippen molar-refractivity contribution >= 4 is 21.6 Å². The Hall–Kier alpha value is -1.20. The molecule has 3 rings (SSSR count). The van der Waals surface area contributed by atoms with Crippen molar-refractivity contribution in [3.05, 3.63) is 27.6 Å². The fourth-order valence-electron chi connectivity index (χ4n) is 3.09.